The average molecular weight is 209 g/mol. The fraction of sp³-hybridized carbons (Fsp3) is 0.538. The quantitative estimate of drug-likeness (QED) is 0.638. The average Bonchev–Trinajstić information content (AvgIpc) is 2.83. The molecule has 0 aromatic heterocycles. The zero-order valence-electron chi connectivity index (χ0n) is 9.05. The van der Waals surface area contributed by atoms with E-state index in [1.54, 1.807) is 0 Å². The van der Waals surface area contributed by atoms with E-state index in [9.17, 15) is 0 Å². The number of rotatable bonds is 1. The lowest BCUT2D eigenvalue weighted by atomic mass is 9.88. The largest absolute Gasteiger partial charge is 0.0840 e. The van der Waals surface area contributed by atoms with Crippen molar-refractivity contribution >= 4 is 11.6 Å². The molecule has 0 nitrogen and oxygen atoms in total. The van der Waals surface area contributed by atoms with Gasteiger partial charge in [0.15, 0.2) is 0 Å². The standard InChI is InChI=1S/C13H17Cl/c1-13(2,3)11-8-10(11)9-6-4-5-7-12(9)14/h4-7,10-11H,8H2,1-3H3/t10-,11?/m0/s1. The van der Waals surface area contributed by atoms with Gasteiger partial charge in [0, 0.05) is 5.02 Å². The Morgan fingerprint density at radius 2 is 1.86 bits per heavy atom. The predicted octanol–water partition coefficient (Wildman–Crippen LogP) is 4.49. The maximum atomic E-state index is 6.17. The van der Waals surface area contributed by atoms with Crippen LogP contribution in [-0.4, -0.2) is 0 Å². The molecule has 0 saturated heterocycles. The van der Waals surface area contributed by atoms with E-state index in [4.69, 9.17) is 11.6 Å². The molecule has 0 N–H and O–H groups in total. The molecule has 0 spiro atoms. The van der Waals surface area contributed by atoms with Crippen LogP contribution in [0.3, 0.4) is 0 Å². The number of hydrogen-bond acceptors (Lipinski definition) is 0. The van der Waals surface area contributed by atoms with Crippen molar-refractivity contribution in [2.24, 2.45) is 11.3 Å². The van der Waals surface area contributed by atoms with E-state index in [1.807, 2.05) is 12.1 Å². The number of hydrogen-bond donors (Lipinski definition) is 0. The zero-order chi connectivity index (χ0) is 10.3. The molecule has 0 aliphatic heterocycles. The first-order valence-corrected chi connectivity index (χ1v) is 5.62. The van der Waals surface area contributed by atoms with E-state index in [0.717, 1.165) is 10.9 Å². The highest BCUT2D eigenvalue weighted by molar-refractivity contribution is 6.31. The first-order chi connectivity index (χ1) is 6.50. The molecule has 1 aromatic carbocycles. The summed E-state index contributed by atoms with van der Waals surface area (Å²) in [4.78, 5) is 0. The maximum Gasteiger partial charge on any atom is 0.0440 e. The second-order valence-corrected chi connectivity index (χ2v) is 5.74. The first-order valence-electron chi connectivity index (χ1n) is 5.24. The Morgan fingerprint density at radius 1 is 1.21 bits per heavy atom. The SMILES string of the molecule is CC(C)(C)C1C[C@H]1c1ccccc1Cl. The summed E-state index contributed by atoms with van der Waals surface area (Å²) >= 11 is 6.17. The summed E-state index contributed by atoms with van der Waals surface area (Å²) in [6.07, 6.45) is 1.30. The molecule has 0 radical (unpaired) electrons. The predicted molar refractivity (Wildman–Crippen MR) is 61.8 cm³/mol. The van der Waals surface area contributed by atoms with Crippen molar-refractivity contribution in [1.82, 2.24) is 0 Å². The van der Waals surface area contributed by atoms with E-state index in [2.05, 4.69) is 32.9 Å². The third-order valence-corrected chi connectivity index (χ3v) is 3.55. The topological polar surface area (TPSA) is 0 Å². The Labute approximate surface area is 91.3 Å². The highest BCUT2D eigenvalue weighted by Gasteiger charge is 2.46. The lowest BCUT2D eigenvalue weighted by Gasteiger charge is -2.18. The molecule has 2 rings (SSSR count). The third kappa shape index (κ3) is 1.81. The second kappa shape index (κ2) is 3.27. The van der Waals surface area contributed by atoms with Crippen LogP contribution >= 0.6 is 11.6 Å². The van der Waals surface area contributed by atoms with E-state index in [0.29, 0.717) is 11.3 Å². The van der Waals surface area contributed by atoms with Crippen molar-refractivity contribution in [2.45, 2.75) is 33.1 Å². The lowest BCUT2D eigenvalue weighted by Crippen LogP contribution is -2.08. The van der Waals surface area contributed by atoms with Gasteiger partial charge in [-0.2, -0.15) is 0 Å². The van der Waals surface area contributed by atoms with Gasteiger partial charge in [-0.25, -0.2) is 0 Å². The second-order valence-electron chi connectivity index (χ2n) is 5.34. The van der Waals surface area contributed by atoms with Crippen molar-refractivity contribution in [3.8, 4) is 0 Å². The molecule has 1 aliphatic carbocycles. The molecule has 1 aliphatic rings. The van der Waals surface area contributed by atoms with Crippen LogP contribution in [0.1, 0.15) is 38.7 Å². The molecular weight excluding hydrogens is 192 g/mol. The van der Waals surface area contributed by atoms with Gasteiger partial charge in [0.05, 0.1) is 0 Å². The molecule has 14 heavy (non-hydrogen) atoms. The Bertz CT molecular complexity index is 335. The van der Waals surface area contributed by atoms with Crippen LogP contribution in [-0.2, 0) is 0 Å². The Kier molecular flexibility index (Phi) is 2.35. The molecule has 1 heteroatoms. The van der Waals surface area contributed by atoms with Gasteiger partial charge in [0.1, 0.15) is 0 Å². The Balaban J connectivity index is 2.18. The molecule has 0 bridgehead atoms. The smallest absolute Gasteiger partial charge is 0.0440 e. The summed E-state index contributed by atoms with van der Waals surface area (Å²) in [5, 5.41) is 0.934. The van der Waals surface area contributed by atoms with Crippen LogP contribution in [0.15, 0.2) is 24.3 Å². The fourth-order valence-corrected chi connectivity index (χ4v) is 2.55. The lowest BCUT2D eigenvalue weighted by molar-refractivity contribution is 0.343. The number of benzene rings is 1. The number of halogens is 1. The van der Waals surface area contributed by atoms with E-state index in [-0.39, 0.29) is 0 Å². The summed E-state index contributed by atoms with van der Waals surface area (Å²) in [5.74, 6) is 1.51. The fourth-order valence-electron chi connectivity index (χ4n) is 2.27. The molecule has 0 amide bonds. The van der Waals surface area contributed by atoms with Crippen LogP contribution < -0.4 is 0 Å². The summed E-state index contributed by atoms with van der Waals surface area (Å²) in [5.41, 5.74) is 1.76. The van der Waals surface area contributed by atoms with Gasteiger partial charge in [0.25, 0.3) is 0 Å². The van der Waals surface area contributed by atoms with Crippen molar-refractivity contribution in [3.05, 3.63) is 34.9 Å². The van der Waals surface area contributed by atoms with Crippen LogP contribution in [0.25, 0.3) is 0 Å². The monoisotopic (exact) mass is 208 g/mol. The molecule has 1 fully saturated rings. The van der Waals surface area contributed by atoms with Gasteiger partial charge in [-0.15, -0.1) is 0 Å². The van der Waals surface area contributed by atoms with Crippen LogP contribution in [0, 0.1) is 11.3 Å². The highest BCUT2D eigenvalue weighted by Crippen LogP contribution is 2.57. The Hall–Kier alpha value is -0.490. The van der Waals surface area contributed by atoms with Gasteiger partial charge in [-0.1, -0.05) is 50.6 Å². The Morgan fingerprint density at radius 3 is 2.36 bits per heavy atom. The van der Waals surface area contributed by atoms with Gasteiger partial charge in [0.2, 0.25) is 0 Å². The van der Waals surface area contributed by atoms with Crippen molar-refractivity contribution < 1.29 is 0 Å². The minimum Gasteiger partial charge on any atom is -0.0840 e. The molecule has 0 heterocycles. The molecular formula is C13H17Cl. The summed E-state index contributed by atoms with van der Waals surface area (Å²) in [7, 11) is 0. The van der Waals surface area contributed by atoms with Gasteiger partial charge in [-0.05, 0) is 35.3 Å². The van der Waals surface area contributed by atoms with E-state index < -0.39 is 0 Å². The van der Waals surface area contributed by atoms with Crippen LogP contribution in [0.5, 0.6) is 0 Å². The summed E-state index contributed by atoms with van der Waals surface area (Å²) in [6, 6.07) is 8.24. The normalized spacial score (nSPS) is 26.3. The van der Waals surface area contributed by atoms with Gasteiger partial charge < -0.3 is 0 Å². The molecule has 1 saturated carbocycles. The zero-order valence-corrected chi connectivity index (χ0v) is 9.81. The summed E-state index contributed by atoms with van der Waals surface area (Å²) in [6.45, 7) is 6.94. The van der Waals surface area contributed by atoms with E-state index >= 15 is 0 Å². The molecule has 1 unspecified atom stereocenters. The van der Waals surface area contributed by atoms with Crippen molar-refractivity contribution in [3.63, 3.8) is 0 Å². The van der Waals surface area contributed by atoms with Gasteiger partial charge >= 0.3 is 0 Å². The van der Waals surface area contributed by atoms with Crippen LogP contribution in [0.2, 0.25) is 5.02 Å². The summed E-state index contributed by atoms with van der Waals surface area (Å²) < 4.78 is 0. The third-order valence-electron chi connectivity index (χ3n) is 3.21. The molecule has 2 atom stereocenters. The van der Waals surface area contributed by atoms with Crippen LogP contribution in [0.4, 0.5) is 0 Å². The highest BCUT2D eigenvalue weighted by atomic mass is 35.5. The minimum absolute atomic E-state index is 0.420. The first kappa shape index (κ1) is 10.0. The van der Waals surface area contributed by atoms with Gasteiger partial charge in [-0.3, -0.25) is 0 Å². The van der Waals surface area contributed by atoms with Crippen molar-refractivity contribution in [2.75, 3.05) is 0 Å². The van der Waals surface area contributed by atoms with Crippen molar-refractivity contribution in [1.29, 1.82) is 0 Å². The molecule has 76 valence electrons. The molecule has 1 aromatic rings. The maximum absolute atomic E-state index is 6.17. The van der Waals surface area contributed by atoms with E-state index in [1.165, 1.54) is 12.0 Å². The minimum atomic E-state index is 0.420.